The molecule has 0 radical (unpaired) electrons. The molecule has 0 bridgehead atoms. The van der Waals surface area contributed by atoms with E-state index in [4.69, 9.17) is 4.74 Å². The summed E-state index contributed by atoms with van der Waals surface area (Å²) in [5.41, 5.74) is 0. The SMILES string of the molecule is C[C@@H]1CN(S(=O)(=O)N2CCCCCCC2)CCO1. The van der Waals surface area contributed by atoms with Crippen LogP contribution in [0.5, 0.6) is 0 Å². The van der Waals surface area contributed by atoms with Crippen molar-refractivity contribution in [1.29, 1.82) is 0 Å². The molecule has 2 rings (SSSR count). The van der Waals surface area contributed by atoms with E-state index in [0.717, 1.165) is 25.7 Å². The smallest absolute Gasteiger partial charge is 0.282 e. The van der Waals surface area contributed by atoms with Gasteiger partial charge >= 0.3 is 0 Å². The number of nitrogens with zero attached hydrogens (tertiary/aromatic N) is 2. The van der Waals surface area contributed by atoms with Gasteiger partial charge in [-0.25, -0.2) is 0 Å². The van der Waals surface area contributed by atoms with Crippen molar-refractivity contribution in [2.75, 3.05) is 32.8 Å². The molecule has 2 heterocycles. The minimum Gasteiger partial charge on any atom is -0.376 e. The Morgan fingerprint density at radius 1 is 0.944 bits per heavy atom. The molecule has 0 saturated carbocycles. The molecule has 2 saturated heterocycles. The van der Waals surface area contributed by atoms with Crippen LogP contribution in [0.15, 0.2) is 0 Å². The first-order valence-electron chi connectivity index (χ1n) is 6.97. The third-order valence-electron chi connectivity index (χ3n) is 3.67. The highest BCUT2D eigenvalue weighted by Gasteiger charge is 2.32. The molecule has 2 fully saturated rings. The summed E-state index contributed by atoms with van der Waals surface area (Å²) >= 11 is 0. The quantitative estimate of drug-likeness (QED) is 0.762. The van der Waals surface area contributed by atoms with Gasteiger partial charge < -0.3 is 4.74 Å². The van der Waals surface area contributed by atoms with Crippen molar-refractivity contribution < 1.29 is 13.2 Å². The van der Waals surface area contributed by atoms with Crippen LogP contribution >= 0.6 is 0 Å². The van der Waals surface area contributed by atoms with Crippen LogP contribution in [-0.2, 0) is 14.9 Å². The molecule has 2 aliphatic rings. The molecule has 0 N–H and O–H groups in total. The molecule has 2 aliphatic heterocycles. The first-order chi connectivity index (χ1) is 8.60. The molecule has 0 aromatic heterocycles. The Kier molecular flexibility index (Phi) is 5.00. The molecule has 0 unspecified atom stereocenters. The van der Waals surface area contributed by atoms with Crippen molar-refractivity contribution in [3.8, 4) is 0 Å². The van der Waals surface area contributed by atoms with Gasteiger partial charge in [0, 0.05) is 26.2 Å². The highest BCUT2D eigenvalue weighted by Crippen LogP contribution is 2.18. The average Bonchev–Trinajstić information content (AvgIpc) is 2.27. The maximum absolute atomic E-state index is 12.5. The fraction of sp³-hybridized carbons (Fsp3) is 1.00. The molecule has 106 valence electrons. The Balaban J connectivity index is 2.03. The second kappa shape index (κ2) is 6.32. The van der Waals surface area contributed by atoms with Crippen molar-refractivity contribution in [3.63, 3.8) is 0 Å². The fourth-order valence-electron chi connectivity index (χ4n) is 2.61. The van der Waals surface area contributed by atoms with Gasteiger partial charge in [-0.3, -0.25) is 0 Å². The summed E-state index contributed by atoms with van der Waals surface area (Å²) in [5, 5.41) is 0. The Hall–Kier alpha value is -0.170. The zero-order valence-electron chi connectivity index (χ0n) is 11.2. The minimum atomic E-state index is -3.27. The molecule has 0 spiro atoms. The van der Waals surface area contributed by atoms with Crippen LogP contribution in [0.2, 0.25) is 0 Å². The predicted octanol–water partition coefficient (Wildman–Crippen LogP) is 1.22. The second-order valence-corrected chi connectivity index (χ2v) is 7.14. The first-order valence-corrected chi connectivity index (χ1v) is 8.37. The van der Waals surface area contributed by atoms with Gasteiger partial charge in [-0.05, 0) is 19.8 Å². The van der Waals surface area contributed by atoms with E-state index in [-0.39, 0.29) is 6.10 Å². The highest BCUT2D eigenvalue weighted by molar-refractivity contribution is 7.86. The Morgan fingerprint density at radius 2 is 1.56 bits per heavy atom. The number of ether oxygens (including phenoxy) is 1. The molecular formula is C12H24N2O3S. The fourth-order valence-corrected chi connectivity index (χ4v) is 4.36. The van der Waals surface area contributed by atoms with Crippen molar-refractivity contribution in [2.24, 2.45) is 0 Å². The predicted molar refractivity (Wildman–Crippen MR) is 70.6 cm³/mol. The van der Waals surface area contributed by atoms with E-state index in [0.29, 0.717) is 32.8 Å². The van der Waals surface area contributed by atoms with E-state index in [9.17, 15) is 8.42 Å². The first kappa shape index (κ1) is 14.2. The molecule has 5 nitrogen and oxygen atoms in total. The monoisotopic (exact) mass is 276 g/mol. The summed E-state index contributed by atoms with van der Waals surface area (Å²) in [6, 6.07) is 0. The standard InChI is InChI=1S/C12H24N2O3S/c1-12-11-14(9-10-17-12)18(15,16)13-7-5-3-2-4-6-8-13/h12H,2-11H2,1H3/t12-/m1/s1. The van der Waals surface area contributed by atoms with Crippen molar-refractivity contribution in [3.05, 3.63) is 0 Å². The maximum Gasteiger partial charge on any atom is 0.282 e. The summed E-state index contributed by atoms with van der Waals surface area (Å²) in [4.78, 5) is 0. The van der Waals surface area contributed by atoms with Crippen LogP contribution < -0.4 is 0 Å². The lowest BCUT2D eigenvalue weighted by molar-refractivity contribution is 0.00819. The van der Waals surface area contributed by atoms with Crippen LogP contribution in [0, 0.1) is 0 Å². The van der Waals surface area contributed by atoms with Crippen LogP contribution in [0.3, 0.4) is 0 Å². The lowest BCUT2D eigenvalue weighted by Gasteiger charge is -2.35. The van der Waals surface area contributed by atoms with Gasteiger partial charge in [-0.1, -0.05) is 19.3 Å². The summed E-state index contributed by atoms with van der Waals surface area (Å²) in [5.74, 6) is 0. The lowest BCUT2D eigenvalue weighted by atomic mass is 10.1. The number of hydrogen-bond donors (Lipinski definition) is 0. The van der Waals surface area contributed by atoms with Gasteiger partial charge in [-0.2, -0.15) is 17.0 Å². The molecule has 0 amide bonds. The van der Waals surface area contributed by atoms with Gasteiger partial charge in [-0.15, -0.1) is 0 Å². The third-order valence-corrected chi connectivity index (χ3v) is 5.67. The number of morpholine rings is 1. The number of rotatable bonds is 2. The van der Waals surface area contributed by atoms with Crippen LogP contribution in [0.4, 0.5) is 0 Å². The van der Waals surface area contributed by atoms with E-state index in [2.05, 4.69) is 0 Å². The summed E-state index contributed by atoms with van der Waals surface area (Å²) in [6.45, 7) is 4.76. The van der Waals surface area contributed by atoms with Crippen molar-refractivity contribution >= 4 is 10.2 Å². The summed E-state index contributed by atoms with van der Waals surface area (Å²) < 4.78 is 33.8. The lowest BCUT2D eigenvalue weighted by Crippen LogP contribution is -2.51. The van der Waals surface area contributed by atoms with E-state index in [1.807, 2.05) is 6.92 Å². The Labute approximate surface area is 110 Å². The van der Waals surface area contributed by atoms with Crippen LogP contribution in [0.25, 0.3) is 0 Å². The zero-order valence-corrected chi connectivity index (χ0v) is 12.0. The van der Waals surface area contributed by atoms with Gasteiger partial charge in [0.1, 0.15) is 0 Å². The van der Waals surface area contributed by atoms with Gasteiger partial charge in [0.05, 0.1) is 12.7 Å². The van der Waals surface area contributed by atoms with Crippen molar-refractivity contribution in [1.82, 2.24) is 8.61 Å². The second-order valence-electron chi connectivity index (χ2n) is 5.21. The van der Waals surface area contributed by atoms with Crippen LogP contribution in [-0.4, -0.2) is 55.9 Å². The average molecular weight is 276 g/mol. The third kappa shape index (κ3) is 3.44. The summed E-state index contributed by atoms with van der Waals surface area (Å²) in [6.07, 6.45) is 5.50. The van der Waals surface area contributed by atoms with Gasteiger partial charge in [0.15, 0.2) is 0 Å². The highest BCUT2D eigenvalue weighted by atomic mass is 32.2. The molecule has 18 heavy (non-hydrogen) atoms. The molecule has 1 atom stereocenters. The Bertz CT molecular complexity index is 350. The van der Waals surface area contributed by atoms with Gasteiger partial charge in [0.2, 0.25) is 0 Å². The molecular weight excluding hydrogens is 252 g/mol. The van der Waals surface area contributed by atoms with E-state index < -0.39 is 10.2 Å². The topological polar surface area (TPSA) is 49.9 Å². The normalized spacial score (nSPS) is 29.7. The van der Waals surface area contributed by atoms with E-state index in [1.54, 1.807) is 8.61 Å². The molecule has 0 aromatic rings. The molecule has 6 heteroatoms. The van der Waals surface area contributed by atoms with E-state index >= 15 is 0 Å². The van der Waals surface area contributed by atoms with E-state index in [1.165, 1.54) is 6.42 Å². The Morgan fingerprint density at radius 3 is 2.17 bits per heavy atom. The number of hydrogen-bond acceptors (Lipinski definition) is 3. The largest absolute Gasteiger partial charge is 0.376 e. The molecule has 0 aromatic carbocycles. The van der Waals surface area contributed by atoms with Crippen molar-refractivity contribution in [2.45, 2.75) is 45.1 Å². The van der Waals surface area contributed by atoms with Gasteiger partial charge in [0.25, 0.3) is 10.2 Å². The van der Waals surface area contributed by atoms with Crippen LogP contribution in [0.1, 0.15) is 39.0 Å². The zero-order chi connectivity index (χ0) is 13.0. The minimum absolute atomic E-state index is 0.00304. The molecule has 0 aliphatic carbocycles. The maximum atomic E-state index is 12.5. The summed E-state index contributed by atoms with van der Waals surface area (Å²) in [7, 11) is -3.27.